The summed E-state index contributed by atoms with van der Waals surface area (Å²) in [7, 11) is 0. The van der Waals surface area contributed by atoms with E-state index in [1.807, 2.05) is 48.5 Å². The quantitative estimate of drug-likeness (QED) is 0.170. The fraction of sp³-hybridized carbons (Fsp3) is 0.179. The maximum atomic E-state index is 13.1. The van der Waals surface area contributed by atoms with E-state index in [0.717, 1.165) is 11.6 Å². The van der Waals surface area contributed by atoms with Crippen LogP contribution in [0, 0.1) is 0 Å². The smallest absolute Gasteiger partial charge is 0.405 e. The molecule has 0 fully saturated rings. The molecule has 0 radical (unpaired) electrons. The minimum absolute atomic E-state index is 0.0274. The molecule has 2 aromatic carbocycles. The summed E-state index contributed by atoms with van der Waals surface area (Å²) in [6.07, 6.45) is 2.98. The molecular weight excluding hydrogens is 516 g/mol. The van der Waals surface area contributed by atoms with Crippen molar-refractivity contribution >= 4 is 34.6 Å². The SMILES string of the molecule is NC(=O)/C=C/CCC(NC(=O)O)C(=O)Nc1cccn(Cc2nc3cccc(OCc4ccccc4)c3[nH]2)c1=O. The molecule has 6 N–H and O–H groups in total. The summed E-state index contributed by atoms with van der Waals surface area (Å²) < 4.78 is 7.36. The minimum atomic E-state index is -1.40. The summed E-state index contributed by atoms with van der Waals surface area (Å²) in [4.78, 5) is 55.7. The van der Waals surface area contributed by atoms with Crippen LogP contribution in [0.4, 0.5) is 10.5 Å². The summed E-state index contributed by atoms with van der Waals surface area (Å²) in [5.74, 6) is -0.245. The van der Waals surface area contributed by atoms with Crippen LogP contribution in [0.5, 0.6) is 5.75 Å². The molecule has 206 valence electrons. The van der Waals surface area contributed by atoms with Gasteiger partial charge in [-0.1, -0.05) is 42.5 Å². The number of H-pyrrole nitrogens is 1. The molecular formula is C28H28N6O6. The fourth-order valence-corrected chi connectivity index (χ4v) is 4.00. The molecule has 0 spiro atoms. The molecule has 12 nitrogen and oxygen atoms in total. The first-order valence-electron chi connectivity index (χ1n) is 12.4. The normalized spacial score (nSPS) is 11.8. The van der Waals surface area contributed by atoms with Crippen molar-refractivity contribution < 1.29 is 24.2 Å². The number of pyridine rings is 1. The van der Waals surface area contributed by atoms with Crippen LogP contribution in [0.25, 0.3) is 11.0 Å². The first-order chi connectivity index (χ1) is 19.3. The molecule has 0 aliphatic heterocycles. The number of para-hydroxylation sites is 1. The van der Waals surface area contributed by atoms with Crippen LogP contribution in [-0.2, 0) is 22.7 Å². The predicted molar refractivity (Wildman–Crippen MR) is 148 cm³/mol. The van der Waals surface area contributed by atoms with E-state index < -0.39 is 29.5 Å². The number of primary amides is 1. The van der Waals surface area contributed by atoms with E-state index in [4.69, 9.17) is 15.6 Å². The number of amides is 3. The summed E-state index contributed by atoms with van der Waals surface area (Å²) >= 11 is 0. The molecule has 12 heteroatoms. The Morgan fingerprint density at radius 1 is 1.10 bits per heavy atom. The molecule has 2 aromatic heterocycles. The van der Waals surface area contributed by atoms with Crippen molar-refractivity contribution in [2.45, 2.75) is 32.0 Å². The van der Waals surface area contributed by atoms with E-state index in [2.05, 4.69) is 20.6 Å². The molecule has 4 rings (SSSR count). The molecule has 0 aliphatic rings. The third kappa shape index (κ3) is 7.34. The molecule has 1 atom stereocenters. The molecule has 4 aromatic rings. The maximum absolute atomic E-state index is 13.1. The van der Waals surface area contributed by atoms with Gasteiger partial charge in [0.1, 0.15) is 35.4 Å². The van der Waals surface area contributed by atoms with E-state index in [1.165, 1.54) is 16.7 Å². The number of carbonyl (C=O) groups excluding carboxylic acids is 2. The lowest BCUT2D eigenvalue weighted by atomic mass is 10.1. The van der Waals surface area contributed by atoms with Gasteiger partial charge in [-0.3, -0.25) is 14.4 Å². The van der Waals surface area contributed by atoms with Gasteiger partial charge >= 0.3 is 6.09 Å². The van der Waals surface area contributed by atoms with Crippen molar-refractivity contribution in [1.29, 1.82) is 0 Å². The largest absolute Gasteiger partial charge is 0.487 e. The first kappa shape index (κ1) is 27.6. The number of nitrogens with one attached hydrogen (secondary N) is 3. The number of aromatic amines is 1. The molecule has 0 bridgehead atoms. The van der Waals surface area contributed by atoms with E-state index in [9.17, 15) is 19.2 Å². The average molecular weight is 545 g/mol. The lowest BCUT2D eigenvalue weighted by Gasteiger charge is -2.16. The Labute approximate surface area is 228 Å². The average Bonchev–Trinajstić information content (AvgIpc) is 3.35. The molecule has 2 heterocycles. The van der Waals surface area contributed by atoms with Gasteiger partial charge in [-0.2, -0.15) is 0 Å². The lowest BCUT2D eigenvalue weighted by molar-refractivity contribution is -0.118. The van der Waals surface area contributed by atoms with Gasteiger partial charge in [0.05, 0.1) is 12.1 Å². The second-order valence-corrected chi connectivity index (χ2v) is 8.84. The van der Waals surface area contributed by atoms with Gasteiger partial charge in [-0.15, -0.1) is 0 Å². The Morgan fingerprint density at radius 2 is 1.90 bits per heavy atom. The van der Waals surface area contributed by atoms with Crippen molar-refractivity contribution in [3.8, 4) is 5.75 Å². The molecule has 1 unspecified atom stereocenters. The van der Waals surface area contributed by atoms with Gasteiger partial charge in [0.2, 0.25) is 11.8 Å². The van der Waals surface area contributed by atoms with Gasteiger partial charge in [-0.25, -0.2) is 9.78 Å². The number of hydrogen-bond donors (Lipinski definition) is 5. The zero-order chi connectivity index (χ0) is 28.5. The molecule has 40 heavy (non-hydrogen) atoms. The fourth-order valence-electron chi connectivity index (χ4n) is 4.00. The van der Waals surface area contributed by atoms with Crippen LogP contribution in [0.1, 0.15) is 24.2 Å². The predicted octanol–water partition coefficient (Wildman–Crippen LogP) is 2.75. The van der Waals surface area contributed by atoms with E-state index in [1.54, 1.807) is 12.3 Å². The number of anilines is 1. The Balaban J connectivity index is 1.47. The van der Waals surface area contributed by atoms with Crippen molar-refractivity contribution in [2.24, 2.45) is 5.73 Å². The Hall–Kier alpha value is -5.39. The summed E-state index contributed by atoms with van der Waals surface area (Å²) in [5.41, 5.74) is 6.90. The van der Waals surface area contributed by atoms with Crippen LogP contribution in [-0.4, -0.2) is 43.6 Å². The highest BCUT2D eigenvalue weighted by atomic mass is 16.5. The molecule has 0 saturated heterocycles. The zero-order valence-corrected chi connectivity index (χ0v) is 21.4. The maximum Gasteiger partial charge on any atom is 0.405 e. The van der Waals surface area contributed by atoms with Gasteiger partial charge < -0.3 is 35.8 Å². The Kier molecular flexibility index (Phi) is 8.92. The minimum Gasteiger partial charge on any atom is -0.487 e. The van der Waals surface area contributed by atoms with Crippen molar-refractivity contribution in [2.75, 3.05) is 5.32 Å². The highest BCUT2D eigenvalue weighted by Crippen LogP contribution is 2.24. The molecule has 3 amide bonds. The Bertz CT molecular complexity index is 1590. The summed E-state index contributed by atoms with van der Waals surface area (Å²) in [5, 5.41) is 13.7. The van der Waals surface area contributed by atoms with Crippen LogP contribution in [0.3, 0.4) is 0 Å². The summed E-state index contributed by atoms with van der Waals surface area (Å²) in [6.45, 7) is 0.471. The van der Waals surface area contributed by atoms with Gasteiger partial charge in [0, 0.05) is 6.20 Å². The lowest BCUT2D eigenvalue weighted by Crippen LogP contribution is -2.44. The Morgan fingerprint density at radius 3 is 2.65 bits per heavy atom. The number of nitrogens with zero attached hydrogens (tertiary/aromatic N) is 2. The number of nitrogens with two attached hydrogens (primary N) is 1. The molecule has 0 aliphatic carbocycles. The number of imidazole rings is 1. The van der Waals surface area contributed by atoms with Crippen LogP contribution in [0.2, 0.25) is 0 Å². The van der Waals surface area contributed by atoms with Crippen LogP contribution in [0.15, 0.2) is 83.8 Å². The molecule has 0 saturated carbocycles. The highest BCUT2D eigenvalue weighted by molar-refractivity contribution is 5.96. The number of fused-ring (bicyclic) bond motifs is 1. The van der Waals surface area contributed by atoms with Crippen LogP contribution < -0.4 is 26.7 Å². The topological polar surface area (TPSA) is 181 Å². The summed E-state index contributed by atoms with van der Waals surface area (Å²) in [6, 6.07) is 17.1. The van der Waals surface area contributed by atoms with Crippen molar-refractivity contribution in [3.63, 3.8) is 0 Å². The van der Waals surface area contributed by atoms with E-state index >= 15 is 0 Å². The zero-order valence-electron chi connectivity index (χ0n) is 21.4. The number of carboxylic acid groups (broad SMARTS) is 1. The monoisotopic (exact) mass is 544 g/mol. The van der Waals surface area contributed by atoms with Crippen LogP contribution >= 0.6 is 0 Å². The van der Waals surface area contributed by atoms with Gasteiger partial charge in [0.25, 0.3) is 5.56 Å². The second kappa shape index (κ2) is 12.9. The van der Waals surface area contributed by atoms with Gasteiger partial charge in [-0.05, 0) is 48.7 Å². The van der Waals surface area contributed by atoms with Crippen molar-refractivity contribution in [1.82, 2.24) is 19.9 Å². The highest BCUT2D eigenvalue weighted by Gasteiger charge is 2.21. The van der Waals surface area contributed by atoms with E-state index in [0.29, 0.717) is 29.2 Å². The number of hydrogen-bond acceptors (Lipinski definition) is 6. The number of allylic oxidation sites excluding steroid dienone is 1. The third-order valence-electron chi connectivity index (χ3n) is 5.88. The number of benzene rings is 2. The number of ether oxygens (including phenoxy) is 1. The van der Waals surface area contributed by atoms with Gasteiger partial charge in [0.15, 0.2) is 0 Å². The number of aromatic nitrogens is 3. The number of carbonyl (C=O) groups is 3. The second-order valence-electron chi connectivity index (χ2n) is 8.84. The standard InChI is InChI=1S/C28H28N6O6/c29-23(35)14-5-4-10-20(32-28(38)39)26(36)31-21-12-7-15-34(27(21)37)16-24-30-19-11-6-13-22(25(19)33-24)40-17-18-8-2-1-3-9-18/h1-3,5-9,11-15,20,32H,4,10,16-17H2,(H2,29,35)(H,30,33)(H,31,36)(H,38,39)/b14-5+. The van der Waals surface area contributed by atoms with E-state index in [-0.39, 0.29) is 25.1 Å². The number of rotatable bonds is 12. The third-order valence-corrected chi connectivity index (χ3v) is 5.88. The first-order valence-corrected chi connectivity index (χ1v) is 12.4. The van der Waals surface area contributed by atoms with Crippen molar-refractivity contribution in [3.05, 3.63) is 101 Å².